The Kier molecular flexibility index (Phi) is 4.19. The van der Waals surface area contributed by atoms with E-state index in [0.29, 0.717) is 37.6 Å². The summed E-state index contributed by atoms with van der Waals surface area (Å²) in [5.74, 6) is 0.860. The summed E-state index contributed by atoms with van der Waals surface area (Å²) < 4.78 is 21.6. The summed E-state index contributed by atoms with van der Waals surface area (Å²) in [6, 6.07) is 6.74. The average molecular weight is 362 g/mol. The molecule has 1 N–H and O–H groups in total. The van der Waals surface area contributed by atoms with Crippen LogP contribution in [0.3, 0.4) is 0 Å². The van der Waals surface area contributed by atoms with Crippen LogP contribution in [0.1, 0.15) is 11.3 Å². The molecule has 0 saturated carbocycles. The van der Waals surface area contributed by atoms with E-state index in [-0.39, 0.29) is 5.02 Å². The number of rotatable bonds is 0. The lowest BCUT2D eigenvalue weighted by atomic mass is 10.1. The summed E-state index contributed by atoms with van der Waals surface area (Å²) in [6.45, 7) is 2.09. The summed E-state index contributed by atoms with van der Waals surface area (Å²) in [7, 11) is 1.88. The van der Waals surface area contributed by atoms with Gasteiger partial charge in [0.2, 0.25) is 0 Å². The van der Waals surface area contributed by atoms with Crippen molar-refractivity contribution >= 4 is 23.1 Å². The number of nitrogens with zero attached hydrogens (tertiary/aromatic N) is 4. The average Bonchev–Trinajstić information content (AvgIpc) is 3.02. The Morgan fingerprint density at radius 3 is 3.04 bits per heavy atom. The van der Waals surface area contributed by atoms with E-state index >= 15 is 0 Å². The van der Waals surface area contributed by atoms with Gasteiger partial charge >= 0.3 is 0 Å². The molecule has 1 aliphatic rings. The van der Waals surface area contributed by atoms with E-state index in [9.17, 15) is 4.39 Å². The first-order valence-corrected chi connectivity index (χ1v) is 8.36. The van der Waals surface area contributed by atoms with Crippen molar-refractivity contribution in [1.82, 2.24) is 19.9 Å². The second kappa shape index (κ2) is 6.50. The van der Waals surface area contributed by atoms with Crippen LogP contribution in [0, 0.1) is 5.82 Å². The molecule has 3 heterocycles. The van der Waals surface area contributed by atoms with Crippen molar-refractivity contribution in [3.8, 4) is 5.75 Å². The van der Waals surface area contributed by atoms with Gasteiger partial charge < -0.3 is 15.0 Å². The molecule has 0 saturated heterocycles. The van der Waals surface area contributed by atoms with Crippen molar-refractivity contribution in [1.29, 1.82) is 0 Å². The van der Waals surface area contributed by atoms with E-state index in [0.717, 1.165) is 17.2 Å². The first kappa shape index (κ1) is 16.1. The lowest BCUT2D eigenvalue weighted by Gasteiger charge is -2.21. The fraction of sp³-hybridized carbons (Fsp3) is 0.294. The van der Waals surface area contributed by atoms with E-state index in [2.05, 4.69) is 15.4 Å². The zero-order valence-electron chi connectivity index (χ0n) is 13.7. The quantitative estimate of drug-likeness (QED) is 0.667. The molecule has 0 unspecified atom stereocenters. The number of nitrogens with one attached hydrogen (secondary N) is 1. The lowest BCUT2D eigenvalue weighted by molar-refractivity contribution is 0.309. The number of ether oxygens (including phenoxy) is 1. The molecule has 2 bridgehead atoms. The van der Waals surface area contributed by atoms with Crippen LogP contribution < -0.4 is 15.0 Å². The fourth-order valence-electron chi connectivity index (χ4n) is 2.86. The fourth-order valence-corrected chi connectivity index (χ4v) is 3.08. The van der Waals surface area contributed by atoms with Gasteiger partial charge in [-0.1, -0.05) is 11.6 Å². The molecule has 0 spiro atoms. The molecule has 1 aromatic carbocycles. The summed E-state index contributed by atoms with van der Waals surface area (Å²) in [5.41, 5.74) is 2.35. The number of fused-ring (bicyclic) bond motifs is 2. The zero-order valence-corrected chi connectivity index (χ0v) is 14.4. The molecule has 0 atom stereocenters. The van der Waals surface area contributed by atoms with Gasteiger partial charge in [-0.2, -0.15) is 0 Å². The van der Waals surface area contributed by atoms with Crippen molar-refractivity contribution < 1.29 is 9.13 Å². The van der Waals surface area contributed by atoms with E-state index in [1.165, 1.54) is 6.07 Å². The van der Waals surface area contributed by atoms with E-state index < -0.39 is 5.82 Å². The van der Waals surface area contributed by atoms with Crippen molar-refractivity contribution in [3.63, 3.8) is 0 Å². The topological polar surface area (TPSA) is 54.7 Å². The minimum atomic E-state index is -0.458. The monoisotopic (exact) mass is 361 g/mol. The molecule has 4 rings (SSSR count). The Morgan fingerprint density at radius 2 is 2.16 bits per heavy atom. The first-order valence-electron chi connectivity index (χ1n) is 7.98. The Bertz CT molecular complexity index is 929. The standard InChI is InChI=1S/C17H17ClFN5O/c1-23-10-12-14(3-2-13(19)17(12)18)25-7-6-20-8-11-9-21-15-4-5-16(23)22-24(11)15/h2-5,9,20H,6-8,10H2,1H3. The Balaban J connectivity index is 1.79. The molecule has 2 aromatic heterocycles. The SMILES string of the molecule is CN1Cc2c(ccc(F)c2Cl)OCCNCc2cnc3ccc1nn23. The number of imidazole rings is 1. The van der Waals surface area contributed by atoms with Gasteiger partial charge in [0.1, 0.15) is 24.0 Å². The number of halogens is 2. The highest BCUT2D eigenvalue weighted by atomic mass is 35.5. The molecule has 25 heavy (non-hydrogen) atoms. The minimum Gasteiger partial charge on any atom is -0.492 e. The van der Waals surface area contributed by atoms with Gasteiger partial charge in [0.15, 0.2) is 5.65 Å². The highest BCUT2D eigenvalue weighted by Crippen LogP contribution is 2.31. The molecule has 6 nitrogen and oxygen atoms in total. The summed E-state index contributed by atoms with van der Waals surface area (Å²) in [6.07, 6.45) is 1.81. The van der Waals surface area contributed by atoms with E-state index in [1.54, 1.807) is 12.3 Å². The summed E-state index contributed by atoms with van der Waals surface area (Å²) in [5, 5.41) is 8.03. The largest absolute Gasteiger partial charge is 0.492 e. The first-order chi connectivity index (χ1) is 12.1. The van der Waals surface area contributed by atoms with Gasteiger partial charge in [-0.15, -0.1) is 5.10 Å². The van der Waals surface area contributed by atoms with Gasteiger partial charge in [0, 0.05) is 32.2 Å². The maximum Gasteiger partial charge on any atom is 0.153 e. The normalized spacial score (nSPS) is 15.2. The molecule has 0 amide bonds. The van der Waals surface area contributed by atoms with E-state index in [4.69, 9.17) is 16.3 Å². The third-order valence-corrected chi connectivity index (χ3v) is 4.61. The van der Waals surface area contributed by atoms with Crippen molar-refractivity contribution in [2.75, 3.05) is 25.1 Å². The van der Waals surface area contributed by atoms with Gasteiger partial charge in [0.25, 0.3) is 0 Å². The second-order valence-corrected chi connectivity index (χ2v) is 6.31. The zero-order chi connectivity index (χ0) is 17.4. The molecule has 0 fully saturated rings. The van der Waals surface area contributed by atoms with E-state index in [1.807, 2.05) is 28.6 Å². The highest BCUT2D eigenvalue weighted by molar-refractivity contribution is 6.31. The van der Waals surface area contributed by atoms with Crippen molar-refractivity contribution in [3.05, 3.63) is 52.6 Å². The predicted molar refractivity (Wildman–Crippen MR) is 93.7 cm³/mol. The lowest BCUT2D eigenvalue weighted by Crippen LogP contribution is -2.21. The van der Waals surface area contributed by atoms with Gasteiger partial charge in [-0.25, -0.2) is 13.9 Å². The molecule has 1 aliphatic heterocycles. The van der Waals surface area contributed by atoms with Crippen LogP contribution in [-0.4, -0.2) is 34.8 Å². The molecular weight excluding hydrogens is 345 g/mol. The number of aromatic nitrogens is 3. The van der Waals surface area contributed by atoms with Crippen LogP contribution in [0.5, 0.6) is 5.75 Å². The number of hydrogen-bond acceptors (Lipinski definition) is 5. The third kappa shape index (κ3) is 3.01. The van der Waals surface area contributed by atoms with Crippen molar-refractivity contribution in [2.24, 2.45) is 0 Å². The van der Waals surface area contributed by atoms with Gasteiger partial charge in [-0.3, -0.25) is 0 Å². The third-order valence-electron chi connectivity index (χ3n) is 4.20. The number of benzene rings is 1. The van der Waals surface area contributed by atoms with Crippen LogP contribution >= 0.6 is 11.6 Å². The molecule has 130 valence electrons. The van der Waals surface area contributed by atoms with Crippen LogP contribution in [0.25, 0.3) is 5.65 Å². The summed E-state index contributed by atoms with van der Waals surface area (Å²) in [4.78, 5) is 6.26. The molecule has 0 aliphatic carbocycles. The smallest absolute Gasteiger partial charge is 0.153 e. The maximum absolute atomic E-state index is 13.9. The van der Waals surface area contributed by atoms with Crippen LogP contribution in [-0.2, 0) is 13.1 Å². The Hall–Kier alpha value is -2.38. The molecular formula is C17H17ClFN5O. The maximum atomic E-state index is 13.9. The number of hydrogen-bond donors (Lipinski definition) is 1. The molecule has 3 aromatic rings. The Morgan fingerprint density at radius 1 is 1.28 bits per heavy atom. The Labute approximate surface area is 149 Å². The van der Waals surface area contributed by atoms with Gasteiger partial charge in [0.05, 0.1) is 16.9 Å². The highest BCUT2D eigenvalue weighted by Gasteiger charge is 2.17. The predicted octanol–water partition coefficient (Wildman–Crippen LogP) is 2.64. The molecule has 8 heteroatoms. The van der Waals surface area contributed by atoms with Crippen LogP contribution in [0.2, 0.25) is 5.02 Å². The molecule has 0 radical (unpaired) electrons. The van der Waals surface area contributed by atoms with Crippen molar-refractivity contribution in [2.45, 2.75) is 13.1 Å². The van der Waals surface area contributed by atoms with Crippen LogP contribution in [0.15, 0.2) is 30.5 Å². The number of anilines is 1. The van der Waals surface area contributed by atoms with Gasteiger partial charge in [-0.05, 0) is 24.3 Å². The second-order valence-electron chi connectivity index (χ2n) is 5.93. The summed E-state index contributed by atoms with van der Waals surface area (Å²) >= 11 is 6.20. The minimum absolute atomic E-state index is 0.0802. The van der Waals surface area contributed by atoms with Crippen LogP contribution in [0.4, 0.5) is 10.2 Å².